The lowest BCUT2D eigenvalue weighted by Gasteiger charge is -2.35. The Kier molecular flexibility index (Phi) is 3.63. The van der Waals surface area contributed by atoms with E-state index in [9.17, 15) is 9.90 Å². The first-order valence-corrected chi connectivity index (χ1v) is 7.27. The van der Waals surface area contributed by atoms with E-state index in [1.807, 2.05) is 24.3 Å². The second-order valence-corrected chi connectivity index (χ2v) is 6.03. The van der Waals surface area contributed by atoms with Gasteiger partial charge >= 0.3 is 0 Å². The maximum Gasteiger partial charge on any atom is 0.256 e. The topological polar surface area (TPSA) is 56.3 Å². The van der Waals surface area contributed by atoms with Crippen LogP contribution >= 0.6 is 23.2 Å². The molecule has 0 spiro atoms. The molecule has 3 rings (SSSR count). The van der Waals surface area contributed by atoms with Crippen molar-refractivity contribution in [3.63, 3.8) is 0 Å². The first-order valence-electron chi connectivity index (χ1n) is 6.39. The van der Waals surface area contributed by atoms with Gasteiger partial charge in [-0.2, -0.15) is 0 Å². The Labute approximate surface area is 126 Å². The highest BCUT2D eigenvalue weighted by Gasteiger charge is 2.33. The quantitative estimate of drug-likeness (QED) is 0.835. The van der Waals surface area contributed by atoms with Gasteiger partial charge in [-0.3, -0.25) is 4.79 Å². The van der Waals surface area contributed by atoms with Gasteiger partial charge in [-0.1, -0.05) is 41.4 Å². The molecule has 0 saturated heterocycles. The summed E-state index contributed by atoms with van der Waals surface area (Å²) in [6.07, 6.45) is 0.599. The van der Waals surface area contributed by atoms with Crippen molar-refractivity contribution in [2.45, 2.75) is 23.8 Å². The molecule has 0 saturated carbocycles. The van der Waals surface area contributed by atoms with Gasteiger partial charge in [-0.05, 0) is 18.1 Å². The minimum Gasteiger partial charge on any atom is -0.394 e. The number of hydrogen-bond donors (Lipinski definition) is 2. The Hall–Kier alpha value is -1.23. The normalized spacial score (nSPS) is 18.6. The average molecular weight is 313 g/mol. The molecule has 1 unspecified atom stereocenters. The van der Waals surface area contributed by atoms with Crippen molar-refractivity contribution in [1.82, 2.24) is 9.88 Å². The van der Waals surface area contributed by atoms with E-state index < -0.39 is 4.84 Å². The van der Waals surface area contributed by atoms with Crippen molar-refractivity contribution < 1.29 is 9.90 Å². The van der Waals surface area contributed by atoms with Gasteiger partial charge in [0.1, 0.15) is 0 Å². The van der Waals surface area contributed by atoms with Gasteiger partial charge in [0.2, 0.25) is 0 Å². The molecule has 1 amide bonds. The van der Waals surface area contributed by atoms with E-state index in [0.717, 1.165) is 22.2 Å². The maximum atomic E-state index is 12.0. The molecule has 2 heterocycles. The van der Waals surface area contributed by atoms with Crippen LogP contribution in [-0.4, -0.2) is 38.4 Å². The molecule has 20 heavy (non-hydrogen) atoms. The summed E-state index contributed by atoms with van der Waals surface area (Å²) in [5, 5.41) is 10.7. The van der Waals surface area contributed by atoms with E-state index in [2.05, 4.69) is 4.98 Å². The molecule has 1 aliphatic rings. The van der Waals surface area contributed by atoms with Crippen molar-refractivity contribution >= 4 is 40.0 Å². The number of fused-ring (bicyclic) bond motifs is 3. The fourth-order valence-electron chi connectivity index (χ4n) is 2.82. The van der Waals surface area contributed by atoms with Crippen molar-refractivity contribution in [3.8, 4) is 0 Å². The third-order valence-corrected chi connectivity index (χ3v) is 4.16. The first-order chi connectivity index (χ1) is 9.61. The summed E-state index contributed by atoms with van der Waals surface area (Å²) >= 11 is 11.3. The van der Waals surface area contributed by atoms with Crippen molar-refractivity contribution in [1.29, 1.82) is 0 Å². The summed E-state index contributed by atoms with van der Waals surface area (Å²) in [5.41, 5.74) is 3.18. The third-order valence-electron chi connectivity index (χ3n) is 3.79. The molecule has 1 atom stereocenters. The molecule has 4 nitrogen and oxygen atoms in total. The Bertz CT molecular complexity index is 654. The number of aromatic nitrogens is 1. The average Bonchev–Trinajstić information content (AvgIpc) is 2.82. The zero-order chi connectivity index (χ0) is 14.3. The Morgan fingerprint density at radius 3 is 2.90 bits per heavy atom. The van der Waals surface area contributed by atoms with Crippen molar-refractivity contribution in [2.24, 2.45) is 0 Å². The number of nitrogens with zero attached hydrogens (tertiary/aromatic N) is 1. The minimum atomic E-state index is -1.10. The van der Waals surface area contributed by atoms with Crippen LogP contribution < -0.4 is 0 Å². The van der Waals surface area contributed by atoms with E-state index in [1.165, 1.54) is 0 Å². The van der Waals surface area contributed by atoms with Gasteiger partial charge in [0, 0.05) is 16.6 Å². The predicted molar refractivity (Wildman–Crippen MR) is 78.9 cm³/mol. The molecule has 0 aliphatic carbocycles. The number of carbonyl (C=O) groups excluding carboxylic acids is 1. The molecule has 0 radical (unpaired) electrons. The van der Waals surface area contributed by atoms with Gasteiger partial charge in [-0.25, -0.2) is 0 Å². The monoisotopic (exact) mass is 312 g/mol. The van der Waals surface area contributed by atoms with Crippen LogP contribution in [0.5, 0.6) is 0 Å². The molecule has 6 heteroatoms. The van der Waals surface area contributed by atoms with E-state index >= 15 is 0 Å². The number of nitrogens with one attached hydrogen (secondary N) is 1. The first kappa shape index (κ1) is 13.7. The zero-order valence-corrected chi connectivity index (χ0v) is 12.2. The molecule has 0 fully saturated rings. The number of benzene rings is 1. The summed E-state index contributed by atoms with van der Waals surface area (Å²) in [6.45, 7) is 0.287. The number of rotatable bonds is 2. The lowest BCUT2D eigenvalue weighted by molar-refractivity contribution is -0.133. The van der Waals surface area contributed by atoms with Crippen LogP contribution in [0.4, 0.5) is 0 Å². The van der Waals surface area contributed by atoms with Crippen molar-refractivity contribution in [2.75, 3.05) is 6.61 Å². The van der Waals surface area contributed by atoms with Gasteiger partial charge < -0.3 is 15.0 Å². The molecular weight excluding hydrogens is 299 g/mol. The highest BCUT2D eigenvalue weighted by Crippen LogP contribution is 2.30. The van der Waals surface area contributed by atoms with Gasteiger partial charge in [0.05, 0.1) is 19.2 Å². The number of aliphatic hydroxyl groups excluding tert-OH is 1. The number of H-pyrrole nitrogens is 1. The van der Waals surface area contributed by atoms with Crippen LogP contribution in [0.25, 0.3) is 10.9 Å². The van der Waals surface area contributed by atoms with E-state index in [1.54, 1.807) is 4.90 Å². The van der Waals surface area contributed by atoms with E-state index in [-0.39, 0.29) is 18.6 Å². The van der Waals surface area contributed by atoms with E-state index in [0.29, 0.717) is 13.0 Å². The number of alkyl halides is 2. The summed E-state index contributed by atoms with van der Waals surface area (Å²) < 4.78 is 0. The van der Waals surface area contributed by atoms with Gasteiger partial charge in [0.25, 0.3) is 5.91 Å². The Balaban J connectivity index is 2.03. The smallest absolute Gasteiger partial charge is 0.256 e. The molecule has 1 aromatic heterocycles. The molecule has 2 aromatic rings. The summed E-state index contributed by atoms with van der Waals surface area (Å²) in [6, 6.07) is 7.70. The van der Waals surface area contributed by atoms with Gasteiger partial charge in [-0.15, -0.1) is 0 Å². The number of hydrogen-bond acceptors (Lipinski definition) is 2. The van der Waals surface area contributed by atoms with E-state index in [4.69, 9.17) is 23.2 Å². The zero-order valence-electron chi connectivity index (χ0n) is 10.6. The largest absolute Gasteiger partial charge is 0.394 e. The number of aliphatic hydroxyl groups is 1. The van der Waals surface area contributed by atoms with Crippen molar-refractivity contribution in [3.05, 3.63) is 35.5 Å². The number of carbonyl (C=O) groups is 1. The Morgan fingerprint density at radius 1 is 1.45 bits per heavy atom. The molecule has 1 aliphatic heterocycles. The van der Waals surface area contributed by atoms with Crippen LogP contribution in [-0.2, 0) is 17.8 Å². The highest BCUT2D eigenvalue weighted by atomic mass is 35.5. The second kappa shape index (κ2) is 5.28. The lowest BCUT2D eigenvalue weighted by atomic mass is 9.97. The SMILES string of the molecule is O=C(C(Cl)Cl)N1Cc2[nH]c3ccccc3c2CC1CO. The summed E-state index contributed by atoms with van der Waals surface area (Å²) in [7, 11) is 0. The predicted octanol–water partition coefficient (Wildman–Crippen LogP) is 2.22. The Morgan fingerprint density at radius 2 is 2.20 bits per heavy atom. The van der Waals surface area contributed by atoms with Crippen LogP contribution in [0.15, 0.2) is 24.3 Å². The summed E-state index contributed by atoms with van der Waals surface area (Å²) in [5.74, 6) is -0.364. The fourth-order valence-corrected chi connectivity index (χ4v) is 3.07. The summed E-state index contributed by atoms with van der Waals surface area (Å²) in [4.78, 5) is 15.8. The second-order valence-electron chi connectivity index (χ2n) is 4.94. The molecule has 1 aromatic carbocycles. The highest BCUT2D eigenvalue weighted by molar-refractivity contribution is 6.53. The lowest BCUT2D eigenvalue weighted by Crippen LogP contribution is -2.48. The molecule has 106 valence electrons. The fraction of sp³-hybridized carbons (Fsp3) is 0.357. The third kappa shape index (κ3) is 2.18. The number of aromatic amines is 1. The maximum absolute atomic E-state index is 12.0. The number of amides is 1. The number of para-hydroxylation sites is 1. The minimum absolute atomic E-state index is 0.106. The van der Waals surface area contributed by atoms with Crippen LogP contribution in [0.1, 0.15) is 11.3 Å². The molecular formula is C14H14Cl2N2O2. The number of halogens is 2. The van der Waals surface area contributed by atoms with Crippen LogP contribution in [0.3, 0.4) is 0 Å². The molecule has 0 bridgehead atoms. The van der Waals surface area contributed by atoms with Gasteiger partial charge in [0.15, 0.2) is 4.84 Å². The standard InChI is InChI=1S/C14H14Cl2N2O2/c15-13(16)14(20)18-6-12-10(5-8(18)7-19)9-3-1-2-4-11(9)17-12/h1-4,8,13,17,19H,5-7H2. The van der Waals surface area contributed by atoms with Crippen LogP contribution in [0.2, 0.25) is 0 Å². The molecule has 2 N–H and O–H groups in total. The van der Waals surface area contributed by atoms with Crippen LogP contribution in [0, 0.1) is 0 Å².